The number of likely N-dealkylation sites (tertiary alicyclic amines) is 1. The van der Waals surface area contributed by atoms with E-state index in [0.29, 0.717) is 29.0 Å². The van der Waals surface area contributed by atoms with Gasteiger partial charge in [-0.1, -0.05) is 12.1 Å². The minimum absolute atomic E-state index is 0.131. The average Bonchev–Trinajstić information content (AvgIpc) is 3.26. The SMILES string of the molecule is CN(C)c1cccc([C@H]2CCCCN2C(=O)C(=O)Nc2cnc(N)c3cn[nH]c23)c1. The first-order chi connectivity index (χ1) is 14.5. The van der Waals surface area contributed by atoms with Gasteiger partial charge in [0, 0.05) is 26.3 Å². The van der Waals surface area contributed by atoms with Gasteiger partial charge in [-0.05, 0) is 37.0 Å². The molecule has 0 radical (unpaired) electrons. The fourth-order valence-corrected chi connectivity index (χ4v) is 3.89. The van der Waals surface area contributed by atoms with E-state index in [1.165, 1.54) is 12.4 Å². The molecule has 0 bridgehead atoms. The lowest BCUT2D eigenvalue weighted by Gasteiger charge is -2.36. The van der Waals surface area contributed by atoms with Gasteiger partial charge in [-0.2, -0.15) is 5.10 Å². The maximum Gasteiger partial charge on any atom is 0.314 e. The Morgan fingerprint density at radius 1 is 1.27 bits per heavy atom. The van der Waals surface area contributed by atoms with E-state index < -0.39 is 11.8 Å². The monoisotopic (exact) mass is 407 g/mol. The number of pyridine rings is 1. The van der Waals surface area contributed by atoms with Gasteiger partial charge in [0.2, 0.25) is 0 Å². The number of fused-ring (bicyclic) bond motifs is 1. The standard InChI is InChI=1S/C21H25N7O2/c1-27(2)14-7-5-6-13(10-14)17-8-3-4-9-28(17)21(30)20(29)25-16-12-23-19(22)15-11-24-26-18(15)16/h5-7,10-12,17H,3-4,8-9H2,1-2H3,(H2,22,23)(H,24,26)(H,25,29)/t17-/m1/s1. The van der Waals surface area contributed by atoms with Gasteiger partial charge < -0.3 is 20.9 Å². The molecule has 3 aromatic rings. The number of nitrogens with two attached hydrogens (primary N) is 1. The van der Waals surface area contributed by atoms with E-state index in [2.05, 4.69) is 26.6 Å². The predicted octanol–water partition coefficient (Wildman–Crippen LogP) is 2.30. The first kappa shape index (κ1) is 19.7. The number of hydrogen-bond donors (Lipinski definition) is 3. The molecular formula is C21H25N7O2. The Bertz CT molecular complexity index is 1090. The van der Waals surface area contributed by atoms with Crippen LogP contribution in [0.1, 0.15) is 30.9 Å². The largest absolute Gasteiger partial charge is 0.383 e. The molecule has 9 heteroatoms. The quantitative estimate of drug-likeness (QED) is 0.573. The molecule has 1 fully saturated rings. The Morgan fingerprint density at radius 2 is 2.10 bits per heavy atom. The van der Waals surface area contributed by atoms with Gasteiger partial charge in [0.25, 0.3) is 0 Å². The van der Waals surface area contributed by atoms with Crippen LogP contribution in [0.15, 0.2) is 36.7 Å². The summed E-state index contributed by atoms with van der Waals surface area (Å²) in [4.78, 5) is 33.6. The Morgan fingerprint density at radius 3 is 2.90 bits per heavy atom. The van der Waals surface area contributed by atoms with Crippen molar-refractivity contribution >= 4 is 39.9 Å². The smallest absolute Gasteiger partial charge is 0.314 e. The molecule has 9 nitrogen and oxygen atoms in total. The number of anilines is 3. The number of nitrogens with zero attached hydrogens (tertiary/aromatic N) is 4. The van der Waals surface area contributed by atoms with Crippen molar-refractivity contribution in [2.75, 3.05) is 36.6 Å². The summed E-state index contributed by atoms with van der Waals surface area (Å²) in [6.07, 6.45) is 5.67. The first-order valence-corrected chi connectivity index (χ1v) is 9.92. The minimum atomic E-state index is -0.701. The van der Waals surface area contributed by atoms with E-state index >= 15 is 0 Å². The lowest BCUT2D eigenvalue weighted by atomic mass is 9.94. The zero-order valence-electron chi connectivity index (χ0n) is 17.1. The number of amides is 2. The summed E-state index contributed by atoms with van der Waals surface area (Å²) in [5, 5.41) is 10.00. The Labute approximate surface area is 174 Å². The van der Waals surface area contributed by atoms with Gasteiger partial charge in [0.05, 0.1) is 35.0 Å². The zero-order chi connectivity index (χ0) is 21.3. The highest BCUT2D eigenvalue weighted by Crippen LogP contribution is 2.33. The third-order valence-electron chi connectivity index (χ3n) is 5.49. The predicted molar refractivity (Wildman–Crippen MR) is 116 cm³/mol. The molecule has 2 aromatic heterocycles. The van der Waals surface area contributed by atoms with Crippen molar-refractivity contribution in [2.24, 2.45) is 0 Å². The topological polar surface area (TPSA) is 120 Å². The molecule has 2 amide bonds. The summed E-state index contributed by atoms with van der Waals surface area (Å²) in [6.45, 7) is 0.544. The van der Waals surface area contributed by atoms with Crippen LogP contribution in [0, 0.1) is 0 Å². The third-order valence-corrected chi connectivity index (χ3v) is 5.49. The van der Waals surface area contributed by atoms with Crippen LogP contribution in [0.25, 0.3) is 10.9 Å². The molecule has 1 saturated heterocycles. The highest BCUT2D eigenvalue weighted by atomic mass is 16.2. The Hall–Kier alpha value is -3.62. The molecule has 0 saturated carbocycles. The molecule has 1 atom stereocenters. The second-order valence-electron chi connectivity index (χ2n) is 7.67. The lowest BCUT2D eigenvalue weighted by Crippen LogP contribution is -2.44. The first-order valence-electron chi connectivity index (χ1n) is 9.92. The summed E-state index contributed by atoms with van der Waals surface area (Å²) in [5.41, 5.74) is 8.84. The average molecular weight is 407 g/mol. The summed E-state index contributed by atoms with van der Waals surface area (Å²) < 4.78 is 0. The van der Waals surface area contributed by atoms with Crippen LogP contribution in [0.5, 0.6) is 0 Å². The van der Waals surface area contributed by atoms with Crippen molar-refractivity contribution in [3.63, 3.8) is 0 Å². The van der Waals surface area contributed by atoms with Crippen molar-refractivity contribution in [2.45, 2.75) is 25.3 Å². The number of nitrogen functional groups attached to an aromatic ring is 1. The van der Waals surface area contributed by atoms with Crippen molar-refractivity contribution in [1.29, 1.82) is 0 Å². The van der Waals surface area contributed by atoms with E-state index in [4.69, 9.17) is 5.73 Å². The number of aromatic amines is 1. The van der Waals surface area contributed by atoms with Gasteiger partial charge in [-0.15, -0.1) is 0 Å². The number of benzene rings is 1. The maximum absolute atomic E-state index is 13.1. The Kier molecular flexibility index (Phi) is 5.26. The van der Waals surface area contributed by atoms with Gasteiger partial charge in [0.1, 0.15) is 5.82 Å². The van der Waals surface area contributed by atoms with Gasteiger partial charge >= 0.3 is 11.8 Å². The molecule has 4 rings (SSSR count). The van der Waals surface area contributed by atoms with Crippen molar-refractivity contribution < 1.29 is 9.59 Å². The van der Waals surface area contributed by atoms with Crippen LogP contribution in [0.3, 0.4) is 0 Å². The van der Waals surface area contributed by atoms with E-state index in [0.717, 1.165) is 30.5 Å². The molecule has 1 aromatic carbocycles. The number of carbonyl (C=O) groups is 2. The molecule has 156 valence electrons. The van der Waals surface area contributed by atoms with Gasteiger partial charge in [-0.25, -0.2) is 4.98 Å². The number of piperidine rings is 1. The van der Waals surface area contributed by atoms with Gasteiger partial charge in [0.15, 0.2) is 0 Å². The Balaban J connectivity index is 1.57. The zero-order valence-corrected chi connectivity index (χ0v) is 17.1. The van der Waals surface area contributed by atoms with Crippen LogP contribution in [-0.4, -0.2) is 52.5 Å². The van der Waals surface area contributed by atoms with Crippen molar-refractivity contribution in [1.82, 2.24) is 20.1 Å². The maximum atomic E-state index is 13.1. The lowest BCUT2D eigenvalue weighted by molar-refractivity contribution is -0.145. The number of carbonyl (C=O) groups excluding carboxylic acids is 2. The molecule has 0 unspecified atom stereocenters. The van der Waals surface area contributed by atoms with Crippen molar-refractivity contribution in [3.8, 4) is 0 Å². The second-order valence-corrected chi connectivity index (χ2v) is 7.67. The fourth-order valence-electron chi connectivity index (χ4n) is 3.89. The summed E-state index contributed by atoms with van der Waals surface area (Å²) in [7, 11) is 3.96. The number of nitrogens with one attached hydrogen (secondary N) is 2. The van der Waals surface area contributed by atoms with E-state index in [1.54, 1.807) is 4.90 Å². The summed E-state index contributed by atoms with van der Waals surface area (Å²) >= 11 is 0. The van der Waals surface area contributed by atoms with E-state index in [-0.39, 0.29) is 6.04 Å². The van der Waals surface area contributed by atoms with Crippen LogP contribution in [-0.2, 0) is 9.59 Å². The number of H-pyrrole nitrogens is 1. The number of rotatable bonds is 3. The summed E-state index contributed by atoms with van der Waals surface area (Å²) in [6, 6.07) is 7.96. The van der Waals surface area contributed by atoms with Crippen LogP contribution >= 0.6 is 0 Å². The molecule has 0 aliphatic carbocycles. The fraction of sp³-hybridized carbons (Fsp3) is 0.333. The molecule has 1 aliphatic heterocycles. The molecule has 1 aliphatic rings. The van der Waals surface area contributed by atoms with E-state index in [1.807, 2.05) is 37.2 Å². The van der Waals surface area contributed by atoms with Gasteiger partial charge in [-0.3, -0.25) is 14.7 Å². The third kappa shape index (κ3) is 3.66. The number of hydrogen-bond acceptors (Lipinski definition) is 6. The molecular weight excluding hydrogens is 382 g/mol. The van der Waals surface area contributed by atoms with Crippen molar-refractivity contribution in [3.05, 3.63) is 42.2 Å². The minimum Gasteiger partial charge on any atom is -0.383 e. The molecule has 4 N–H and O–H groups in total. The molecule has 0 spiro atoms. The normalized spacial score (nSPS) is 16.5. The van der Waals surface area contributed by atoms with Crippen LogP contribution < -0.4 is 16.0 Å². The summed E-state index contributed by atoms with van der Waals surface area (Å²) in [5.74, 6) is -0.951. The van der Waals surface area contributed by atoms with Crippen LogP contribution in [0.4, 0.5) is 17.2 Å². The molecule has 30 heavy (non-hydrogen) atoms. The van der Waals surface area contributed by atoms with E-state index in [9.17, 15) is 9.59 Å². The number of aromatic nitrogens is 3. The molecule has 3 heterocycles. The second kappa shape index (κ2) is 8.02. The highest BCUT2D eigenvalue weighted by Gasteiger charge is 2.32. The van der Waals surface area contributed by atoms with Crippen LogP contribution in [0.2, 0.25) is 0 Å². The highest BCUT2D eigenvalue weighted by molar-refractivity contribution is 6.40.